The van der Waals surface area contributed by atoms with Crippen LogP contribution < -0.4 is 10.6 Å². The molecule has 1 aliphatic heterocycles. The molecule has 0 atom stereocenters. The minimum absolute atomic E-state index is 0. The molecule has 0 spiro atoms. The first-order valence-electron chi connectivity index (χ1n) is 8.50. The van der Waals surface area contributed by atoms with Crippen LogP contribution in [0.3, 0.4) is 0 Å². The van der Waals surface area contributed by atoms with E-state index in [1.54, 1.807) is 25.4 Å². The van der Waals surface area contributed by atoms with E-state index in [9.17, 15) is 4.79 Å². The quantitative estimate of drug-likeness (QED) is 0.361. The number of hydrogen-bond donors (Lipinski definition) is 2. The maximum Gasteiger partial charge on any atom is 0.227 e. The van der Waals surface area contributed by atoms with Crippen LogP contribution in [-0.2, 0) is 11.3 Å². The summed E-state index contributed by atoms with van der Waals surface area (Å²) in [5, 5.41) is 6.05. The second kappa shape index (κ2) is 10.7. The number of guanidine groups is 1. The van der Waals surface area contributed by atoms with Gasteiger partial charge in [-0.1, -0.05) is 11.6 Å². The van der Waals surface area contributed by atoms with Gasteiger partial charge >= 0.3 is 0 Å². The SMILES string of the molecule is CN=C(NCC(C)(C)C(=O)NC)N1CCN(Cc2ccc(Cl)s2)CC1.I. The molecule has 1 aromatic heterocycles. The van der Waals surface area contributed by atoms with Crippen molar-refractivity contribution in [3.8, 4) is 0 Å². The van der Waals surface area contributed by atoms with Gasteiger partial charge in [0.05, 0.1) is 9.75 Å². The first kappa shape index (κ1) is 23.5. The normalized spacial score (nSPS) is 16.2. The van der Waals surface area contributed by atoms with Crippen molar-refractivity contribution in [2.45, 2.75) is 20.4 Å². The summed E-state index contributed by atoms with van der Waals surface area (Å²) in [6.07, 6.45) is 0. The molecular formula is C17H29ClIN5OS. The molecule has 1 saturated heterocycles. The molecule has 2 rings (SSSR count). The lowest BCUT2D eigenvalue weighted by molar-refractivity contribution is -0.128. The van der Waals surface area contributed by atoms with Gasteiger partial charge in [-0.3, -0.25) is 14.7 Å². The fourth-order valence-electron chi connectivity index (χ4n) is 2.83. The summed E-state index contributed by atoms with van der Waals surface area (Å²) in [7, 11) is 3.45. The van der Waals surface area contributed by atoms with Crippen LogP contribution >= 0.6 is 46.9 Å². The highest BCUT2D eigenvalue weighted by Crippen LogP contribution is 2.23. The van der Waals surface area contributed by atoms with Crippen molar-refractivity contribution < 1.29 is 4.79 Å². The van der Waals surface area contributed by atoms with Crippen molar-refractivity contribution in [3.05, 3.63) is 21.3 Å². The minimum atomic E-state index is -0.481. The van der Waals surface area contributed by atoms with Gasteiger partial charge in [-0.25, -0.2) is 0 Å². The molecule has 1 aliphatic rings. The molecular weight excluding hydrogens is 485 g/mol. The fourth-order valence-corrected chi connectivity index (χ4v) is 3.96. The van der Waals surface area contributed by atoms with E-state index in [1.165, 1.54) is 4.88 Å². The van der Waals surface area contributed by atoms with E-state index >= 15 is 0 Å². The predicted octanol–water partition coefficient (Wildman–Crippen LogP) is 2.48. The van der Waals surface area contributed by atoms with Crippen molar-refractivity contribution in [1.29, 1.82) is 0 Å². The lowest BCUT2D eigenvalue weighted by Crippen LogP contribution is -2.54. The van der Waals surface area contributed by atoms with Gasteiger partial charge in [0.25, 0.3) is 0 Å². The van der Waals surface area contributed by atoms with Gasteiger partial charge in [0, 0.05) is 58.2 Å². The molecule has 1 amide bonds. The Morgan fingerprint density at radius 2 is 1.96 bits per heavy atom. The van der Waals surface area contributed by atoms with E-state index in [4.69, 9.17) is 11.6 Å². The van der Waals surface area contributed by atoms with E-state index in [0.29, 0.717) is 6.54 Å². The summed E-state index contributed by atoms with van der Waals surface area (Å²) in [4.78, 5) is 22.3. The highest BCUT2D eigenvalue weighted by atomic mass is 127. The number of hydrogen-bond acceptors (Lipinski definition) is 4. The maximum atomic E-state index is 11.9. The van der Waals surface area contributed by atoms with Crippen LogP contribution in [0.2, 0.25) is 4.34 Å². The van der Waals surface area contributed by atoms with E-state index in [-0.39, 0.29) is 29.9 Å². The summed E-state index contributed by atoms with van der Waals surface area (Å²) in [5.41, 5.74) is -0.481. The Morgan fingerprint density at radius 1 is 1.31 bits per heavy atom. The number of amides is 1. The third-order valence-electron chi connectivity index (χ3n) is 4.42. The molecule has 0 unspecified atom stereocenters. The maximum absolute atomic E-state index is 11.9. The molecule has 6 nitrogen and oxygen atoms in total. The van der Waals surface area contributed by atoms with Crippen LogP contribution in [0.15, 0.2) is 17.1 Å². The molecule has 2 N–H and O–H groups in total. The zero-order valence-corrected chi connectivity index (χ0v) is 19.7. The number of carbonyl (C=O) groups is 1. The monoisotopic (exact) mass is 513 g/mol. The summed E-state index contributed by atoms with van der Waals surface area (Å²) < 4.78 is 0.844. The molecule has 26 heavy (non-hydrogen) atoms. The van der Waals surface area contributed by atoms with Crippen molar-refractivity contribution in [2.24, 2.45) is 10.4 Å². The van der Waals surface area contributed by atoms with Crippen molar-refractivity contribution in [2.75, 3.05) is 46.8 Å². The highest BCUT2D eigenvalue weighted by molar-refractivity contribution is 14.0. The Labute approximate surface area is 182 Å². The topological polar surface area (TPSA) is 60.0 Å². The summed E-state index contributed by atoms with van der Waals surface area (Å²) in [6, 6.07) is 4.05. The molecule has 1 aromatic rings. The summed E-state index contributed by atoms with van der Waals surface area (Å²) in [5.74, 6) is 0.880. The average Bonchev–Trinajstić information content (AvgIpc) is 3.00. The average molecular weight is 514 g/mol. The summed E-state index contributed by atoms with van der Waals surface area (Å²) >= 11 is 7.65. The van der Waals surface area contributed by atoms with Crippen LogP contribution in [0.5, 0.6) is 0 Å². The molecule has 1 fully saturated rings. The number of nitrogens with one attached hydrogen (secondary N) is 2. The molecule has 148 valence electrons. The van der Waals surface area contributed by atoms with Crippen LogP contribution in [0.1, 0.15) is 18.7 Å². The van der Waals surface area contributed by atoms with Gasteiger partial charge in [-0.05, 0) is 26.0 Å². The van der Waals surface area contributed by atoms with Gasteiger partial charge in [-0.15, -0.1) is 35.3 Å². The second-order valence-corrected chi connectivity index (χ2v) is 8.63. The largest absolute Gasteiger partial charge is 0.359 e. The fraction of sp³-hybridized carbons (Fsp3) is 0.647. The molecule has 2 heterocycles. The molecule has 0 radical (unpaired) electrons. The standard InChI is InChI=1S/C17H28ClN5OS.HI/c1-17(2,15(24)19-3)12-21-16(20-4)23-9-7-22(8-10-23)11-13-5-6-14(18)25-13;/h5-6H,7-12H2,1-4H3,(H,19,24)(H,20,21);1H. The van der Waals surface area contributed by atoms with Gasteiger partial charge in [0.2, 0.25) is 5.91 Å². The van der Waals surface area contributed by atoms with Gasteiger partial charge < -0.3 is 15.5 Å². The lowest BCUT2D eigenvalue weighted by Gasteiger charge is -2.37. The van der Waals surface area contributed by atoms with E-state index in [0.717, 1.165) is 43.0 Å². The van der Waals surface area contributed by atoms with Crippen molar-refractivity contribution in [3.63, 3.8) is 0 Å². The zero-order chi connectivity index (χ0) is 18.4. The Bertz CT molecular complexity index is 614. The van der Waals surface area contributed by atoms with Crippen LogP contribution in [0.25, 0.3) is 0 Å². The molecule has 0 aliphatic carbocycles. The third-order valence-corrected chi connectivity index (χ3v) is 5.64. The van der Waals surface area contributed by atoms with E-state index in [2.05, 4.69) is 31.5 Å². The molecule has 0 aromatic carbocycles. The highest BCUT2D eigenvalue weighted by Gasteiger charge is 2.28. The molecule has 0 bridgehead atoms. The Kier molecular flexibility index (Phi) is 9.63. The summed E-state index contributed by atoms with van der Waals surface area (Å²) in [6.45, 7) is 9.14. The molecule has 0 saturated carbocycles. The number of nitrogens with zero attached hydrogens (tertiary/aromatic N) is 3. The van der Waals surface area contributed by atoms with Gasteiger partial charge in [-0.2, -0.15) is 0 Å². The Morgan fingerprint density at radius 3 is 2.46 bits per heavy atom. The van der Waals surface area contributed by atoms with Crippen molar-refractivity contribution in [1.82, 2.24) is 20.4 Å². The van der Waals surface area contributed by atoms with E-state index in [1.807, 2.05) is 19.9 Å². The van der Waals surface area contributed by atoms with Gasteiger partial charge in [0.1, 0.15) is 0 Å². The van der Waals surface area contributed by atoms with Crippen LogP contribution in [0, 0.1) is 5.41 Å². The van der Waals surface area contributed by atoms with Crippen molar-refractivity contribution >= 4 is 58.8 Å². The number of piperazine rings is 1. The second-order valence-electron chi connectivity index (χ2n) is 6.83. The number of carbonyl (C=O) groups excluding carboxylic acids is 1. The Hall–Kier alpha value is -0.580. The predicted molar refractivity (Wildman–Crippen MR) is 121 cm³/mol. The minimum Gasteiger partial charge on any atom is -0.359 e. The van der Waals surface area contributed by atoms with Crippen LogP contribution in [0.4, 0.5) is 0 Å². The number of rotatable bonds is 5. The first-order valence-corrected chi connectivity index (χ1v) is 9.69. The number of halogens is 2. The smallest absolute Gasteiger partial charge is 0.227 e. The number of aliphatic imine (C=N–C) groups is 1. The number of thiophene rings is 1. The molecule has 9 heteroatoms. The zero-order valence-electron chi connectivity index (χ0n) is 15.8. The lowest BCUT2D eigenvalue weighted by atomic mass is 9.92. The van der Waals surface area contributed by atoms with E-state index < -0.39 is 5.41 Å². The third kappa shape index (κ3) is 6.54. The van der Waals surface area contributed by atoms with Crippen LogP contribution in [-0.4, -0.2) is 68.5 Å². The Balaban J connectivity index is 0.00000338. The van der Waals surface area contributed by atoms with Gasteiger partial charge in [0.15, 0.2) is 5.96 Å². The first-order chi connectivity index (χ1) is 11.9.